The molecule has 1 spiro atoms. The van der Waals surface area contributed by atoms with Crippen molar-refractivity contribution in [3.05, 3.63) is 22.4 Å². The second kappa shape index (κ2) is 7.64. The van der Waals surface area contributed by atoms with E-state index in [2.05, 4.69) is 16.8 Å². The zero-order valence-electron chi connectivity index (χ0n) is 13.8. The normalized spacial score (nSPS) is 20.7. The highest BCUT2D eigenvalue weighted by molar-refractivity contribution is 7.09. The van der Waals surface area contributed by atoms with E-state index in [0.717, 1.165) is 58.4 Å². The molecule has 3 rings (SSSR count). The average molecular weight is 338 g/mol. The summed E-state index contributed by atoms with van der Waals surface area (Å²) in [6.07, 6.45) is 4.92. The lowest BCUT2D eigenvalue weighted by Gasteiger charge is -2.35. The van der Waals surface area contributed by atoms with Gasteiger partial charge in [-0.3, -0.25) is 0 Å². The van der Waals surface area contributed by atoms with Crippen LogP contribution in [0.2, 0.25) is 0 Å². The molecule has 128 valence electrons. The Morgan fingerprint density at radius 2 is 2.13 bits per heavy atom. The fraction of sp³-hybridized carbons (Fsp3) is 0.706. The number of likely N-dealkylation sites (N-methyl/N-ethyl adjacent to an activating group) is 1. The van der Waals surface area contributed by atoms with E-state index >= 15 is 0 Å². The molecular weight excluding hydrogens is 312 g/mol. The van der Waals surface area contributed by atoms with Gasteiger partial charge in [-0.25, -0.2) is 4.79 Å². The van der Waals surface area contributed by atoms with Gasteiger partial charge in [-0.15, -0.1) is 11.3 Å². The summed E-state index contributed by atoms with van der Waals surface area (Å²) >= 11 is 1.74. The van der Waals surface area contributed by atoms with E-state index < -0.39 is 0 Å². The third-order valence-corrected chi connectivity index (χ3v) is 5.78. The highest BCUT2D eigenvalue weighted by Crippen LogP contribution is 2.37. The van der Waals surface area contributed by atoms with Gasteiger partial charge in [0.2, 0.25) is 0 Å². The van der Waals surface area contributed by atoms with E-state index in [1.165, 1.54) is 4.88 Å². The van der Waals surface area contributed by atoms with Crippen molar-refractivity contribution in [1.82, 2.24) is 10.2 Å². The van der Waals surface area contributed by atoms with Crippen LogP contribution < -0.4 is 5.32 Å². The zero-order chi connectivity index (χ0) is 16.1. The lowest BCUT2D eigenvalue weighted by molar-refractivity contribution is -0.182. The molecule has 1 aliphatic heterocycles. The Morgan fingerprint density at radius 3 is 2.78 bits per heavy atom. The topological polar surface area (TPSA) is 50.8 Å². The van der Waals surface area contributed by atoms with Gasteiger partial charge in [-0.05, 0) is 36.6 Å². The summed E-state index contributed by atoms with van der Waals surface area (Å²) in [4.78, 5) is 15.3. The SMILES string of the molecule is CN(CCc1cccs1)C(=O)NCC1CCC2(CC1)OCCO2. The molecule has 2 fully saturated rings. The van der Waals surface area contributed by atoms with Crippen LogP contribution in [0.4, 0.5) is 4.79 Å². The van der Waals surface area contributed by atoms with E-state index in [4.69, 9.17) is 9.47 Å². The first-order chi connectivity index (χ1) is 11.2. The number of nitrogens with zero attached hydrogens (tertiary/aromatic N) is 1. The summed E-state index contributed by atoms with van der Waals surface area (Å²) in [5.41, 5.74) is 0. The second-order valence-corrected chi connectivity index (χ2v) is 7.52. The lowest BCUT2D eigenvalue weighted by Crippen LogP contribution is -2.42. The monoisotopic (exact) mass is 338 g/mol. The van der Waals surface area contributed by atoms with Gasteiger partial charge in [0.25, 0.3) is 0 Å². The van der Waals surface area contributed by atoms with E-state index in [1.807, 2.05) is 13.1 Å². The van der Waals surface area contributed by atoms with Gasteiger partial charge in [0.1, 0.15) is 0 Å². The van der Waals surface area contributed by atoms with Crippen LogP contribution in [0.25, 0.3) is 0 Å². The number of carbonyl (C=O) groups is 1. The van der Waals surface area contributed by atoms with Crippen molar-refractivity contribution in [2.75, 3.05) is 33.4 Å². The molecule has 1 saturated carbocycles. The van der Waals surface area contributed by atoms with Crippen molar-refractivity contribution in [3.63, 3.8) is 0 Å². The Hall–Kier alpha value is -1.11. The zero-order valence-corrected chi connectivity index (χ0v) is 14.6. The number of nitrogens with one attached hydrogen (secondary N) is 1. The Morgan fingerprint density at radius 1 is 1.39 bits per heavy atom. The predicted molar refractivity (Wildman–Crippen MR) is 90.6 cm³/mol. The molecule has 0 unspecified atom stereocenters. The van der Waals surface area contributed by atoms with Gasteiger partial charge in [0.05, 0.1) is 13.2 Å². The first-order valence-corrected chi connectivity index (χ1v) is 9.34. The maximum atomic E-state index is 12.2. The summed E-state index contributed by atoms with van der Waals surface area (Å²) in [6, 6.07) is 4.19. The molecule has 5 nitrogen and oxygen atoms in total. The van der Waals surface area contributed by atoms with Gasteiger partial charge >= 0.3 is 6.03 Å². The van der Waals surface area contributed by atoms with Gasteiger partial charge in [0.15, 0.2) is 5.79 Å². The van der Waals surface area contributed by atoms with Gasteiger partial charge in [0, 0.05) is 37.9 Å². The van der Waals surface area contributed by atoms with Crippen LogP contribution in [-0.4, -0.2) is 50.1 Å². The van der Waals surface area contributed by atoms with E-state index in [-0.39, 0.29) is 11.8 Å². The Kier molecular flexibility index (Phi) is 5.56. The Balaban J connectivity index is 1.34. The molecule has 0 aromatic carbocycles. The van der Waals surface area contributed by atoms with Crippen molar-refractivity contribution in [3.8, 4) is 0 Å². The van der Waals surface area contributed by atoms with Crippen LogP contribution in [0.1, 0.15) is 30.6 Å². The number of carbonyl (C=O) groups excluding carboxylic acids is 1. The molecule has 1 aromatic heterocycles. The smallest absolute Gasteiger partial charge is 0.317 e. The van der Waals surface area contributed by atoms with Crippen molar-refractivity contribution in [1.29, 1.82) is 0 Å². The third kappa shape index (κ3) is 4.46. The van der Waals surface area contributed by atoms with Gasteiger partial charge in [-0.1, -0.05) is 6.07 Å². The van der Waals surface area contributed by atoms with Crippen molar-refractivity contribution in [2.45, 2.75) is 37.9 Å². The number of urea groups is 1. The van der Waals surface area contributed by atoms with Crippen LogP contribution >= 0.6 is 11.3 Å². The minimum absolute atomic E-state index is 0.0233. The predicted octanol–water partition coefficient (Wildman–Crippen LogP) is 2.87. The van der Waals surface area contributed by atoms with Crippen LogP contribution in [-0.2, 0) is 15.9 Å². The largest absolute Gasteiger partial charge is 0.348 e. The molecule has 1 saturated heterocycles. The summed E-state index contributed by atoms with van der Waals surface area (Å²) < 4.78 is 11.5. The highest BCUT2D eigenvalue weighted by atomic mass is 32.1. The molecule has 1 N–H and O–H groups in total. The maximum absolute atomic E-state index is 12.2. The van der Waals surface area contributed by atoms with Crippen LogP contribution in [0, 0.1) is 5.92 Å². The van der Waals surface area contributed by atoms with Crippen LogP contribution in [0.3, 0.4) is 0 Å². The van der Waals surface area contributed by atoms with Crippen LogP contribution in [0.5, 0.6) is 0 Å². The average Bonchev–Trinajstić information content (AvgIpc) is 3.24. The minimum Gasteiger partial charge on any atom is -0.348 e. The molecule has 1 aromatic rings. The molecule has 23 heavy (non-hydrogen) atoms. The summed E-state index contributed by atoms with van der Waals surface area (Å²) in [6.45, 7) is 2.94. The molecule has 2 heterocycles. The molecule has 6 heteroatoms. The second-order valence-electron chi connectivity index (χ2n) is 6.49. The van der Waals surface area contributed by atoms with Crippen LogP contribution in [0.15, 0.2) is 17.5 Å². The molecule has 2 aliphatic rings. The van der Waals surface area contributed by atoms with Crippen molar-refractivity contribution >= 4 is 17.4 Å². The standard InChI is InChI=1S/C17H26N2O3S/c1-19(9-6-15-3-2-12-23-15)16(20)18-13-14-4-7-17(8-5-14)21-10-11-22-17/h2-3,12,14H,4-11,13H2,1H3,(H,18,20). The lowest BCUT2D eigenvalue weighted by atomic mass is 9.85. The van der Waals surface area contributed by atoms with E-state index in [9.17, 15) is 4.79 Å². The first kappa shape index (κ1) is 16.7. The third-order valence-electron chi connectivity index (χ3n) is 4.84. The van der Waals surface area contributed by atoms with Gasteiger partial charge in [-0.2, -0.15) is 0 Å². The molecule has 0 radical (unpaired) electrons. The minimum atomic E-state index is -0.308. The summed E-state index contributed by atoms with van der Waals surface area (Å²) in [5, 5.41) is 5.14. The molecule has 1 aliphatic carbocycles. The molecule has 0 atom stereocenters. The molecule has 2 amide bonds. The number of ether oxygens (including phenoxy) is 2. The fourth-order valence-corrected chi connectivity index (χ4v) is 4.01. The summed E-state index contributed by atoms with van der Waals surface area (Å²) in [7, 11) is 1.86. The highest BCUT2D eigenvalue weighted by Gasteiger charge is 2.40. The molecular formula is C17H26N2O3S. The van der Waals surface area contributed by atoms with Gasteiger partial charge < -0.3 is 19.7 Å². The number of amides is 2. The van der Waals surface area contributed by atoms with Crippen molar-refractivity contribution < 1.29 is 14.3 Å². The number of rotatable bonds is 5. The number of hydrogen-bond donors (Lipinski definition) is 1. The first-order valence-electron chi connectivity index (χ1n) is 8.46. The fourth-order valence-electron chi connectivity index (χ4n) is 3.31. The molecule has 0 bridgehead atoms. The summed E-state index contributed by atoms with van der Waals surface area (Å²) in [5.74, 6) is 0.223. The quantitative estimate of drug-likeness (QED) is 0.898. The Labute approximate surface area is 142 Å². The van der Waals surface area contributed by atoms with Crippen molar-refractivity contribution in [2.24, 2.45) is 5.92 Å². The number of hydrogen-bond acceptors (Lipinski definition) is 4. The number of thiophene rings is 1. The maximum Gasteiger partial charge on any atom is 0.317 e. The van der Waals surface area contributed by atoms with E-state index in [0.29, 0.717) is 5.92 Å². The Bertz CT molecular complexity index is 490. The van der Waals surface area contributed by atoms with E-state index in [1.54, 1.807) is 16.2 Å².